The van der Waals surface area contributed by atoms with Gasteiger partial charge in [0, 0.05) is 23.3 Å². The summed E-state index contributed by atoms with van der Waals surface area (Å²) in [5.74, 6) is 1.54. The fraction of sp³-hybridized carbons (Fsp3) is 0.125. The van der Waals surface area contributed by atoms with Gasteiger partial charge in [0.2, 0.25) is 0 Å². The van der Waals surface area contributed by atoms with E-state index in [4.69, 9.17) is 14.6 Å². The Kier molecular flexibility index (Phi) is 5.66. The number of nitro benzene ring substituents is 1. The number of non-ortho nitro benzene ring substituents is 1. The van der Waals surface area contributed by atoms with Gasteiger partial charge in [-0.2, -0.15) is 5.10 Å². The van der Waals surface area contributed by atoms with E-state index in [2.05, 4.69) is 0 Å². The third kappa shape index (κ3) is 4.40. The van der Waals surface area contributed by atoms with E-state index < -0.39 is 0 Å². The highest BCUT2D eigenvalue weighted by Crippen LogP contribution is 2.29. The van der Waals surface area contributed by atoms with Gasteiger partial charge in [-0.15, -0.1) is 0 Å². The molecule has 0 bridgehead atoms. The highest BCUT2D eigenvalue weighted by Gasteiger charge is 2.14. The molecule has 0 fully saturated rings. The molecular weight excluding hydrogens is 394 g/mol. The van der Waals surface area contributed by atoms with Crippen molar-refractivity contribution in [2.24, 2.45) is 0 Å². The second-order valence-corrected chi connectivity index (χ2v) is 6.96. The van der Waals surface area contributed by atoms with E-state index in [9.17, 15) is 10.1 Å². The Morgan fingerprint density at radius 1 is 0.871 bits per heavy atom. The van der Waals surface area contributed by atoms with Crippen LogP contribution in [0.2, 0.25) is 0 Å². The van der Waals surface area contributed by atoms with Crippen LogP contribution in [0.25, 0.3) is 22.5 Å². The number of ether oxygens (including phenoxy) is 2. The van der Waals surface area contributed by atoms with Crippen molar-refractivity contribution >= 4 is 5.69 Å². The molecule has 4 rings (SSSR count). The minimum absolute atomic E-state index is 0.0611. The van der Waals surface area contributed by atoms with Crippen LogP contribution in [0.1, 0.15) is 5.56 Å². The molecule has 0 aliphatic rings. The van der Waals surface area contributed by atoms with Gasteiger partial charge in [0.25, 0.3) is 5.69 Å². The quantitative estimate of drug-likeness (QED) is 0.306. The van der Waals surface area contributed by atoms with E-state index >= 15 is 0 Å². The first-order valence-electron chi connectivity index (χ1n) is 9.67. The average molecular weight is 415 g/mol. The summed E-state index contributed by atoms with van der Waals surface area (Å²) in [5, 5.41) is 16.0. The number of aromatic nitrogens is 2. The summed E-state index contributed by atoms with van der Waals surface area (Å²) in [6.45, 7) is 0.402. The van der Waals surface area contributed by atoms with E-state index in [1.807, 2.05) is 65.3 Å². The third-order valence-corrected chi connectivity index (χ3v) is 5.01. The van der Waals surface area contributed by atoms with Crippen LogP contribution in [0.4, 0.5) is 5.69 Å². The Labute approximate surface area is 179 Å². The summed E-state index contributed by atoms with van der Waals surface area (Å²) in [4.78, 5) is 10.8. The van der Waals surface area contributed by atoms with Gasteiger partial charge in [0.1, 0.15) is 11.5 Å². The largest absolute Gasteiger partial charge is 0.497 e. The van der Waals surface area contributed by atoms with Gasteiger partial charge in [-0.1, -0.05) is 12.1 Å². The predicted molar refractivity (Wildman–Crippen MR) is 118 cm³/mol. The second kappa shape index (κ2) is 8.71. The second-order valence-electron chi connectivity index (χ2n) is 6.96. The number of hydrogen-bond donors (Lipinski definition) is 0. The maximum Gasteiger partial charge on any atom is 0.269 e. The molecule has 0 unspecified atom stereocenters. The number of rotatable bonds is 7. The summed E-state index contributed by atoms with van der Waals surface area (Å²) >= 11 is 0. The van der Waals surface area contributed by atoms with Crippen molar-refractivity contribution in [3.63, 3.8) is 0 Å². The molecule has 1 heterocycles. The van der Waals surface area contributed by atoms with Crippen LogP contribution in [-0.2, 0) is 6.54 Å². The minimum atomic E-state index is -0.389. The molecule has 7 heteroatoms. The molecule has 4 aromatic rings. The summed E-state index contributed by atoms with van der Waals surface area (Å²) in [5.41, 5.74) is 4.49. The standard InChI is InChI=1S/C24H21N3O4/c1-30-21-10-6-18(7-11-21)23-15-24(19-8-12-22(31-2)13-9-19)26(25-23)16-17-4-3-5-20(14-17)27(28)29/h3-15H,16H2,1-2H3. The highest BCUT2D eigenvalue weighted by molar-refractivity contribution is 5.69. The highest BCUT2D eigenvalue weighted by atomic mass is 16.6. The monoisotopic (exact) mass is 415 g/mol. The van der Waals surface area contributed by atoms with Crippen LogP contribution < -0.4 is 9.47 Å². The lowest BCUT2D eigenvalue weighted by Gasteiger charge is -2.08. The first-order chi connectivity index (χ1) is 15.1. The zero-order chi connectivity index (χ0) is 21.8. The van der Waals surface area contributed by atoms with Gasteiger partial charge >= 0.3 is 0 Å². The molecule has 0 radical (unpaired) electrons. The fourth-order valence-corrected chi connectivity index (χ4v) is 3.38. The predicted octanol–water partition coefficient (Wildman–Crippen LogP) is 5.19. The SMILES string of the molecule is COc1ccc(-c2cc(-c3ccc(OC)cc3)n(Cc3cccc([N+](=O)[O-])c3)n2)cc1. The molecule has 0 spiro atoms. The molecule has 3 aromatic carbocycles. The van der Waals surface area contributed by atoms with Gasteiger partial charge in [0.15, 0.2) is 0 Å². The zero-order valence-electron chi connectivity index (χ0n) is 17.2. The molecule has 156 valence electrons. The summed E-state index contributed by atoms with van der Waals surface area (Å²) < 4.78 is 12.4. The van der Waals surface area contributed by atoms with Crippen molar-refractivity contribution < 1.29 is 14.4 Å². The Morgan fingerprint density at radius 3 is 2.06 bits per heavy atom. The minimum Gasteiger partial charge on any atom is -0.497 e. The molecule has 0 N–H and O–H groups in total. The van der Waals surface area contributed by atoms with Crippen molar-refractivity contribution in [3.05, 3.63) is 94.5 Å². The Balaban J connectivity index is 1.76. The topological polar surface area (TPSA) is 79.4 Å². The molecule has 0 aliphatic heterocycles. The van der Waals surface area contributed by atoms with Crippen LogP contribution in [-0.4, -0.2) is 28.9 Å². The van der Waals surface area contributed by atoms with Crippen molar-refractivity contribution in [3.8, 4) is 34.0 Å². The number of methoxy groups -OCH3 is 2. The molecule has 1 aromatic heterocycles. The Hall–Kier alpha value is -4.13. The summed E-state index contributed by atoms with van der Waals surface area (Å²) in [7, 11) is 3.26. The number of benzene rings is 3. The molecular formula is C24H21N3O4. The van der Waals surface area contributed by atoms with E-state index in [1.165, 1.54) is 6.07 Å². The lowest BCUT2D eigenvalue weighted by Crippen LogP contribution is -2.04. The maximum absolute atomic E-state index is 11.2. The van der Waals surface area contributed by atoms with E-state index in [0.29, 0.717) is 6.54 Å². The molecule has 0 saturated heterocycles. The van der Waals surface area contributed by atoms with Gasteiger partial charge in [-0.3, -0.25) is 14.8 Å². The summed E-state index contributed by atoms with van der Waals surface area (Å²) in [6.07, 6.45) is 0. The average Bonchev–Trinajstić information content (AvgIpc) is 3.23. The molecule has 31 heavy (non-hydrogen) atoms. The number of hydrogen-bond acceptors (Lipinski definition) is 5. The van der Waals surface area contributed by atoms with Gasteiger partial charge in [-0.05, 0) is 60.2 Å². The third-order valence-electron chi connectivity index (χ3n) is 5.01. The van der Waals surface area contributed by atoms with Crippen molar-refractivity contribution in [1.82, 2.24) is 9.78 Å². The molecule has 7 nitrogen and oxygen atoms in total. The molecule has 0 saturated carbocycles. The van der Waals surface area contributed by atoms with Crippen LogP contribution in [0.5, 0.6) is 11.5 Å². The van der Waals surface area contributed by atoms with Crippen LogP contribution in [0.15, 0.2) is 78.9 Å². The normalized spacial score (nSPS) is 10.6. The van der Waals surface area contributed by atoms with Crippen LogP contribution in [0.3, 0.4) is 0 Å². The maximum atomic E-state index is 11.2. The number of nitrogens with zero attached hydrogens (tertiary/aromatic N) is 3. The van der Waals surface area contributed by atoms with Gasteiger partial charge in [-0.25, -0.2) is 0 Å². The van der Waals surface area contributed by atoms with E-state index in [1.54, 1.807) is 26.4 Å². The van der Waals surface area contributed by atoms with Crippen molar-refractivity contribution in [1.29, 1.82) is 0 Å². The van der Waals surface area contributed by atoms with Gasteiger partial charge in [0.05, 0.1) is 37.1 Å². The van der Waals surface area contributed by atoms with Crippen LogP contribution >= 0.6 is 0 Å². The lowest BCUT2D eigenvalue weighted by atomic mass is 10.1. The number of nitro groups is 1. The van der Waals surface area contributed by atoms with Crippen LogP contribution in [0, 0.1) is 10.1 Å². The summed E-state index contributed by atoms with van der Waals surface area (Å²) in [6, 6.07) is 24.0. The first-order valence-corrected chi connectivity index (χ1v) is 9.67. The zero-order valence-corrected chi connectivity index (χ0v) is 17.2. The van der Waals surface area contributed by atoms with E-state index in [-0.39, 0.29) is 10.6 Å². The fourth-order valence-electron chi connectivity index (χ4n) is 3.38. The van der Waals surface area contributed by atoms with Crippen molar-refractivity contribution in [2.75, 3.05) is 14.2 Å². The Morgan fingerprint density at radius 2 is 1.48 bits per heavy atom. The van der Waals surface area contributed by atoms with Gasteiger partial charge < -0.3 is 9.47 Å². The molecule has 0 aliphatic carbocycles. The molecule has 0 amide bonds. The Bertz CT molecular complexity index is 1200. The lowest BCUT2D eigenvalue weighted by molar-refractivity contribution is -0.384. The smallest absolute Gasteiger partial charge is 0.269 e. The molecule has 0 atom stereocenters. The first kappa shape index (κ1) is 20.2. The van der Waals surface area contributed by atoms with Crippen molar-refractivity contribution in [2.45, 2.75) is 6.54 Å². The van der Waals surface area contributed by atoms with E-state index in [0.717, 1.165) is 39.6 Å².